The molecule has 0 aromatic rings. The summed E-state index contributed by atoms with van der Waals surface area (Å²) in [6, 6.07) is 0. The molecule has 0 aromatic heterocycles. The number of ether oxygens (including phenoxy) is 1. The second kappa shape index (κ2) is 7.64. The standard InChI is InChI=1S/C14H20O3/c1-6-7-11(4)13(15)17-14(16)12(5)9-8-10(2)3/h6,9-10H,8H2,1-5H3. The highest BCUT2D eigenvalue weighted by Crippen LogP contribution is 2.06. The SMILES string of the molecule is CC=C=C(C)C(=O)OC(=O)C(C)=CCC(C)C. The van der Waals surface area contributed by atoms with Crippen molar-refractivity contribution in [3.05, 3.63) is 29.0 Å². The van der Waals surface area contributed by atoms with E-state index in [0.29, 0.717) is 11.5 Å². The summed E-state index contributed by atoms with van der Waals surface area (Å²) in [7, 11) is 0. The molecule has 0 aliphatic heterocycles. The number of allylic oxidation sites excluding steroid dienone is 1. The Bertz CT molecular complexity index is 380. The minimum Gasteiger partial charge on any atom is -0.386 e. The zero-order valence-corrected chi connectivity index (χ0v) is 11.2. The maximum atomic E-state index is 11.5. The van der Waals surface area contributed by atoms with E-state index in [1.807, 2.05) is 0 Å². The van der Waals surface area contributed by atoms with Gasteiger partial charge in [-0.1, -0.05) is 19.9 Å². The molecule has 0 bridgehead atoms. The lowest BCUT2D eigenvalue weighted by Crippen LogP contribution is -2.13. The van der Waals surface area contributed by atoms with Crippen LogP contribution in [0, 0.1) is 5.92 Å². The van der Waals surface area contributed by atoms with Crippen molar-refractivity contribution in [2.75, 3.05) is 0 Å². The van der Waals surface area contributed by atoms with Gasteiger partial charge in [0.15, 0.2) is 0 Å². The van der Waals surface area contributed by atoms with Gasteiger partial charge in [-0.2, -0.15) is 0 Å². The van der Waals surface area contributed by atoms with Crippen LogP contribution in [0.5, 0.6) is 0 Å². The lowest BCUT2D eigenvalue weighted by Gasteiger charge is -2.03. The van der Waals surface area contributed by atoms with E-state index in [1.165, 1.54) is 0 Å². The van der Waals surface area contributed by atoms with Gasteiger partial charge in [0.1, 0.15) is 0 Å². The summed E-state index contributed by atoms with van der Waals surface area (Å²) in [5.41, 5.74) is 3.43. The highest BCUT2D eigenvalue weighted by atomic mass is 16.6. The Labute approximate surface area is 103 Å². The molecule has 94 valence electrons. The number of hydrogen-bond acceptors (Lipinski definition) is 3. The number of carbonyl (C=O) groups excluding carboxylic acids is 2. The minimum atomic E-state index is -0.648. The van der Waals surface area contributed by atoms with Gasteiger partial charge in [-0.3, -0.25) is 0 Å². The van der Waals surface area contributed by atoms with E-state index in [9.17, 15) is 9.59 Å². The van der Waals surface area contributed by atoms with E-state index in [-0.39, 0.29) is 5.57 Å². The maximum Gasteiger partial charge on any atom is 0.349 e. The third-order valence-corrected chi connectivity index (χ3v) is 2.07. The van der Waals surface area contributed by atoms with Gasteiger partial charge in [0.2, 0.25) is 0 Å². The summed E-state index contributed by atoms with van der Waals surface area (Å²) in [4.78, 5) is 22.9. The third kappa shape index (κ3) is 6.54. The molecule has 3 nitrogen and oxygen atoms in total. The van der Waals surface area contributed by atoms with E-state index in [1.54, 1.807) is 32.9 Å². The van der Waals surface area contributed by atoms with E-state index in [0.717, 1.165) is 6.42 Å². The van der Waals surface area contributed by atoms with Crippen molar-refractivity contribution in [2.24, 2.45) is 5.92 Å². The van der Waals surface area contributed by atoms with Crippen LogP contribution in [0.25, 0.3) is 0 Å². The van der Waals surface area contributed by atoms with Crippen LogP contribution in [-0.2, 0) is 14.3 Å². The summed E-state index contributed by atoms with van der Waals surface area (Å²) < 4.78 is 4.69. The fourth-order valence-corrected chi connectivity index (χ4v) is 1.01. The van der Waals surface area contributed by atoms with Crippen molar-refractivity contribution >= 4 is 11.9 Å². The average Bonchev–Trinajstić information content (AvgIpc) is 2.25. The van der Waals surface area contributed by atoms with E-state index in [2.05, 4.69) is 19.6 Å². The van der Waals surface area contributed by atoms with Crippen LogP contribution in [0.1, 0.15) is 41.0 Å². The molecule has 0 saturated heterocycles. The van der Waals surface area contributed by atoms with Crippen molar-refractivity contribution < 1.29 is 14.3 Å². The van der Waals surface area contributed by atoms with Crippen LogP contribution in [0.15, 0.2) is 29.0 Å². The van der Waals surface area contributed by atoms with Gasteiger partial charge in [0.25, 0.3) is 0 Å². The molecule has 0 aromatic carbocycles. The van der Waals surface area contributed by atoms with Crippen LogP contribution in [0.2, 0.25) is 0 Å². The first kappa shape index (κ1) is 15.4. The van der Waals surface area contributed by atoms with Crippen LogP contribution in [0.3, 0.4) is 0 Å². The highest BCUT2D eigenvalue weighted by molar-refractivity contribution is 6.01. The Morgan fingerprint density at radius 2 is 1.82 bits per heavy atom. The zero-order valence-electron chi connectivity index (χ0n) is 11.2. The molecule has 0 amide bonds. The Balaban J connectivity index is 4.51. The largest absolute Gasteiger partial charge is 0.386 e. The smallest absolute Gasteiger partial charge is 0.349 e. The highest BCUT2D eigenvalue weighted by Gasteiger charge is 2.13. The maximum absolute atomic E-state index is 11.5. The molecule has 0 fully saturated rings. The summed E-state index contributed by atoms with van der Waals surface area (Å²) in [6.07, 6.45) is 4.18. The van der Waals surface area contributed by atoms with Crippen LogP contribution in [-0.4, -0.2) is 11.9 Å². The van der Waals surface area contributed by atoms with Crippen LogP contribution < -0.4 is 0 Å². The van der Waals surface area contributed by atoms with Crippen molar-refractivity contribution in [3.8, 4) is 0 Å². The molecule has 0 spiro atoms. The van der Waals surface area contributed by atoms with Crippen molar-refractivity contribution in [2.45, 2.75) is 41.0 Å². The van der Waals surface area contributed by atoms with E-state index in [4.69, 9.17) is 4.74 Å². The number of hydrogen-bond donors (Lipinski definition) is 0. The molecule has 0 saturated carbocycles. The number of carbonyl (C=O) groups is 2. The molecule has 0 N–H and O–H groups in total. The molecular weight excluding hydrogens is 216 g/mol. The van der Waals surface area contributed by atoms with Gasteiger partial charge in [0, 0.05) is 5.57 Å². The molecular formula is C14H20O3. The Kier molecular flexibility index (Phi) is 6.92. The molecule has 0 radical (unpaired) electrons. The van der Waals surface area contributed by atoms with Crippen LogP contribution in [0.4, 0.5) is 0 Å². The van der Waals surface area contributed by atoms with Crippen molar-refractivity contribution in [1.82, 2.24) is 0 Å². The van der Waals surface area contributed by atoms with E-state index < -0.39 is 11.9 Å². The van der Waals surface area contributed by atoms with Gasteiger partial charge >= 0.3 is 11.9 Å². The van der Waals surface area contributed by atoms with Gasteiger partial charge in [-0.15, -0.1) is 5.73 Å². The Hall–Kier alpha value is -1.60. The van der Waals surface area contributed by atoms with Crippen LogP contribution >= 0.6 is 0 Å². The van der Waals surface area contributed by atoms with Crippen molar-refractivity contribution in [1.29, 1.82) is 0 Å². The molecule has 0 atom stereocenters. The Morgan fingerprint density at radius 1 is 1.24 bits per heavy atom. The monoisotopic (exact) mass is 236 g/mol. The summed E-state index contributed by atoms with van der Waals surface area (Å²) in [6.45, 7) is 9.06. The fourth-order valence-electron chi connectivity index (χ4n) is 1.01. The number of esters is 2. The topological polar surface area (TPSA) is 43.4 Å². The molecule has 0 heterocycles. The molecule has 17 heavy (non-hydrogen) atoms. The fraction of sp³-hybridized carbons (Fsp3) is 0.500. The van der Waals surface area contributed by atoms with E-state index >= 15 is 0 Å². The first-order valence-electron chi connectivity index (χ1n) is 5.69. The minimum absolute atomic E-state index is 0.289. The summed E-state index contributed by atoms with van der Waals surface area (Å²) in [5.74, 6) is -0.767. The summed E-state index contributed by atoms with van der Waals surface area (Å²) in [5, 5.41) is 0. The first-order chi connectivity index (χ1) is 7.88. The molecule has 0 unspecified atom stereocenters. The quantitative estimate of drug-likeness (QED) is 0.326. The summed E-state index contributed by atoms with van der Waals surface area (Å²) >= 11 is 0. The van der Waals surface area contributed by atoms with Gasteiger partial charge in [0.05, 0.1) is 5.57 Å². The molecule has 0 aliphatic rings. The lowest BCUT2D eigenvalue weighted by atomic mass is 10.1. The lowest BCUT2D eigenvalue weighted by molar-refractivity contribution is -0.153. The predicted octanol–water partition coefficient (Wildman–Crippen LogP) is 3.17. The van der Waals surface area contributed by atoms with Gasteiger partial charge < -0.3 is 4.74 Å². The molecule has 3 heteroatoms. The molecule has 0 rings (SSSR count). The Morgan fingerprint density at radius 3 is 2.29 bits per heavy atom. The van der Waals surface area contributed by atoms with Gasteiger partial charge in [-0.25, -0.2) is 9.59 Å². The number of rotatable bonds is 4. The second-order valence-corrected chi connectivity index (χ2v) is 4.25. The molecule has 0 aliphatic carbocycles. The zero-order chi connectivity index (χ0) is 13.4. The normalized spacial score (nSPS) is 10.8. The third-order valence-electron chi connectivity index (χ3n) is 2.07. The van der Waals surface area contributed by atoms with Crippen molar-refractivity contribution in [3.63, 3.8) is 0 Å². The predicted molar refractivity (Wildman–Crippen MR) is 67.3 cm³/mol. The second-order valence-electron chi connectivity index (χ2n) is 4.25. The average molecular weight is 236 g/mol. The van der Waals surface area contributed by atoms with Gasteiger partial charge in [-0.05, 0) is 39.2 Å². The first-order valence-corrected chi connectivity index (χ1v) is 5.69.